The summed E-state index contributed by atoms with van der Waals surface area (Å²) in [6.45, 7) is 0. The first-order chi connectivity index (χ1) is 21.8. The van der Waals surface area contributed by atoms with Crippen LogP contribution >= 0.6 is 0 Å². The molecular formula is C42H34N2. The van der Waals surface area contributed by atoms with E-state index in [9.17, 15) is 0 Å². The number of hydrogen-bond donors (Lipinski definition) is 1. The Bertz CT molecular complexity index is 1930. The average molecular weight is 567 g/mol. The van der Waals surface area contributed by atoms with Gasteiger partial charge in [0.2, 0.25) is 0 Å². The maximum Gasteiger partial charge on any atom is 0.0462 e. The van der Waals surface area contributed by atoms with E-state index in [0.717, 1.165) is 47.5 Å². The van der Waals surface area contributed by atoms with Crippen LogP contribution in [-0.4, -0.2) is 6.21 Å². The minimum atomic E-state index is 0.945. The molecule has 6 aromatic carbocycles. The molecule has 1 aliphatic rings. The average Bonchev–Trinajstić information content (AvgIpc) is 3.10. The van der Waals surface area contributed by atoms with Crippen molar-refractivity contribution < 1.29 is 0 Å². The van der Waals surface area contributed by atoms with Crippen molar-refractivity contribution in [2.75, 3.05) is 4.90 Å². The Balaban J connectivity index is 1.17. The molecule has 0 saturated heterocycles. The molecule has 2 heteroatoms. The smallest absolute Gasteiger partial charge is 0.0462 e. The van der Waals surface area contributed by atoms with Crippen LogP contribution in [0.25, 0.3) is 38.6 Å². The van der Waals surface area contributed by atoms with E-state index >= 15 is 0 Å². The summed E-state index contributed by atoms with van der Waals surface area (Å²) >= 11 is 0. The first-order valence-electron chi connectivity index (χ1n) is 15.3. The van der Waals surface area contributed by atoms with E-state index < -0.39 is 0 Å². The van der Waals surface area contributed by atoms with Crippen molar-refractivity contribution in [3.63, 3.8) is 0 Å². The van der Waals surface area contributed by atoms with Crippen LogP contribution in [-0.2, 0) is 0 Å². The van der Waals surface area contributed by atoms with Crippen molar-refractivity contribution in [1.82, 2.24) is 0 Å². The van der Waals surface area contributed by atoms with Crippen molar-refractivity contribution in [2.24, 2.45) is 0 Å². The lowest BCUT2D eigenvalue weighted by molar-refractivity contribution is 0.906. The highest BCUT2D eigenvalue weighted by molar-refractivity contribution is 6.09. The summed E-state index contributed by atoms with van der Waals surface area (Å²) in [4.78, 5) is 2.29. The molecule has 44 heavy (non-hydrogen) atoms. The van der Waals surface area contributed by atoms with Gasteiger partial charge in [0.25, 0.3) is 0 Å². The van der Waals surface area contributed by atoms with E-state index in [0.29, 0.717) is 0 Å². The Labute approximate surface area is 259 Å². The lowest BCUT2D eigenvalue weighted by Gasteiger charge is -2.25. The second-order valence-corrected chi connectivity index (χ2v) is 11.3. The van der Waals surface area contributed by atoms with Gasteiger partial charge in [0.1, 0.15) is 0 Å². The monoisotopic (exact) mass is 566 g/mol. The largest absolute Gasteiger partial charge is 0.311 e. The van der Waals surface area contributed by atoms with Gasteiger partial charge < -0.3 is 10.3 Å². The molecule has 0 radical (unpaired) electrons. The highest BCUT2D eigenvalue weighted by Gasteiger charge is 2.13. The second kappa shape index (κ2) is 12.4. The molecule has 0 atom stereocenters. The number of anilines is 3. The van der Waals surface area contributed by atoms with Crippen molar-refractivity contribution in [1.29, 1.82) is 5.41 Å². The molecule has 0 heterocycles. The Hall–Kier alpha value is -5.47. The van der Waals surface area contributed by atoms with Gasteiger partial charge in [0.05, 0.1) is 0 Å². The van der Waals surface area contributed by atoms with Gasteiger partial charge in [-0.15, -0.1) is 0 Å². The Morgan fingerprint density at radius 3 is 1.57 bits per heavy atom. The predicted molar refractivity (Wildman–Crippen MR) is 188 cm³/mol. The quantitative estimate of drug-likeness (QED) is 0.151. The second-order valence-electron chi connectivity index (χ2n) is 11.3. The highest BCUT2D eigenvalue weighted by Crippen LogP contribution is 2.36. The third kappa shape index (κ3) is 5.63. The van der Waals surface area contributed by atoms with E-state index in [4.69, 9.17) is 5.41 Å². The van der Waals surface area contributed by atoms with Crippen LogP contribution in [0.15, 0.2) is 163 Å². The number of allylic oxidation sites excluding steroid dienone is 4. The Morgan fingerprint density at radius 1 is 0.523 bits per heavy atom. The zero-order chi connectivity index (χ0) is 29.7. The molecule has 0 spiro atoms. The third-order valence-electron chi connectivity index (χ3n) is 8.53. The SMILES string of the molecule is N=C/C(=C1\CC=CCC1)c1ccc(-c2ccc3ccc(-c4ccc(N(c5ccccc5)c5ccccc5)cc4)cc3c2)cc1. The predicted octanol–water partition coefficient (Wildman–Crippen LogP) is 11.8. The number of rotatable bonds is 7. The molecule has 212 valence electrons. The lowest BCUT2D eigenvalue weighted by atomic mass is 9.91. The molecule has 0 amide bonds. The highest BCUT2D eigenvalue weighted by atomic mass is 15.1. The zero-order valence-electron chi connectivity index (χ0n) is 24.7. The van der Waals surface area contributed by atoms with Crippen LogP contribution in [0.1, 0.15) is 24.8 Å². The number of nitrogens with zero attached hydrogens (tertiary/aromatic N) is 1. The number of benzene rings is 6. The Kier molecular flexibility index (Phi) is 7.72. The van der Waals surface area contributed by atoms with Gasteiger partial charge in [-0.2, -0.15) is 0 Å². The third-order valence-corrected chi connectivity index (χ3v) is 8.53. The van der Waals surface area contributed by atoms with Gasteiger partial charge in [-0.05, 0) is 112 Å². The van der Waals surface area contributed by atoms with Gasteiger partial charge in [0, 0.05) is 23.3 Å². The van der Waals surface area contributed by atoms with Crippen LogP contribution in [0, 0.1) is 5.41 Å². The number of nitrogens with one attached hydrogen (secondary N) is 1. The molecule has 2 nitrogen and oxygen atoms in total. The van der Waals surface area contributed by atoms with Crippen molar-refractivity contribution >= 4 is 39.6 Å². The van der Waals surface area contributed by atoms with Crippen molar-refractivity contribution in [2.45, 2.75) is 19.3 Å². The fraction of sp³-hybridized carbons (Fsp3) is 0.0714. The summed E-state index contributed by atoms with van der Waals surface area (Å²) in [5.74, 6) is 0. The minimum Gasteiger partial charge on any atom is -0.311 e. The van der Waals surface area contributed by atoms with Gasteiger partial charge in [-0.1, -0.05) is 115 Å². The van der Waals surface area contributed by atoms with E-state index in [1.165, 1.54) is 44.8 Å². The van der Waals surface area contributed by atoms with E-state index in [1.54, 1.807) is 0 Å². The number of para-hydroxylation sites is 2. The van der Waals surface area contributed by atoms with Gasteiger partial charge in [-0.3, -0.25) is 0 Å². The first-order valence-corrected chi connectivity index (χ1v) is 15.3. The Morgan fingerprint density at radius 2 is 1.05 bits per heavy atom. The summed E-state index contributed by atoms with van der Waals surface area (Å²) in [6, 6.07) is 52.0. The maximum absolute atomic E-state index is 8.03. The number of hydrogen-bond acceptors (Lipinski definition) is 2. The van der Waals surface area contributed by atoms with Crippen LogP contribution in [0.5, 0.6) is 0 Å². The summed E-state index contributed by atoms with van der Waals surface area (Å²) in [7, 11) is 0. The molecule has 7 rings (SSSR count). The van der Waals surface area contributed by atoms with Gasteiger partial charge >= 0.3 is 0 Å². The van der Waals surface area contributed by atoms with Crippen LogP contribution in [0.4, 0.5) is 17.1 Å². The van der Waals surface area contributed by atoms with Gasteiger partial charge in [-0.25, -0.2) is 0 Å². The van der Waals surface area contributed by atoms with Crippen LogP contribution in [0.2, 0.25) is 0 Å². The molecule has 0 aromatic heterocycles. The molecule has 0 bridgehead atoms. The lowest BCUT2D eigenvalue weighted by Crippen LogP contribution is -2.09. The van der Waals surface area contributed by atoms with Gasteiger partial charge in [0.15, 0.2) is 0 Å². The summed E-state index contributed by atoms with van der Waals surface area (Å²) in [5.41, 5.74) is 11.7. The molecule has 0 aliphatic heterocycles. The minimum absolute atomic E-state index is 0.945. The van der Waals surface area contributed by atoms with Crippen LogP contribution < -0.4 is 4.90 Å². The zero-order valence-corrected chi connectivity index (χ0v) is 24.7. The fourth-order valence-electron chi connectivity index (χ4n) is 6.19. The van der Waals surface area contributed by atoms with E-state index in [-0.39, 0.29) is 0 Å². The summed E-state index contributed by atoms with van der Waals surface area (Å²) < 4.78 is 0. The molecule has 1 N–H and O–H groups in total. The fourth-order valence-corrected chi connectivity index (χ4v) is 6.19. The standard InChI is InChI=1S/C42H34N2/c43-30-42(34-10-4-1-5-11-34)35-20-16-31(17-21-35)36-22-18-33-19-23-37(29-38(33)28-36)32-24-26-41(27-25-32)44(39-12-6-2-7-13-39)40-14-8-3-9-15-40/h1-4,6-9,12-30,43H,5,10-11H2/b42-34-,43-30?. The molecule has 0 saturated carbocycles. The molecule has 0 fully saturated rings. The molecule has 0 unspecified atom stereocenters. The number of fused-ring (bicyclic) bond motifs is 1. The van der Waals surface area contributed by atoms with Crippen molar-refractivity contribution in [3.8, 4) is 22.3 Å². The normalized spacial score (nSPS) is 13.9. The summed E-state index contributed by atoms with van der Waals surface area (Å²) in [5, 5.41) is 10.5. The molecular weight excluding hydrogens is 532 g/mol. The van der Waals surface area contributed by atoms with Crippen LogP contribution in [0.3, 0.4) is 0 Å². The first kappa shape index (κ1) is 27.4. The van der Waals surface area contributed by atoms with E-state index in [1.807, 2.05) is 0 Å². The maximum atomic E-state index is 8.03. The topological polar surface area (TPSA) is 27.1 Å². The molecule has 1 aliphatic carbocycles. The molecule has 6 aromatic rings. The van der Waals surface area contributed by atoms with Crippen molar-refractivity contribution in [3.05, 3.63) is 169 Å². The van der Waals surface area contributed by atoms with E-state index in [2.05, 4.69) is 163 Å². The summed E-state index contributed by atoms with van der Waals surface area (Å²) in [6.07, 6.45) is 9.03.